The van der Waals surface area contributed by atoms with Gasteiger partial charge in [-0.15, -0.1) is 11.3 Å². The fourth-order valence-electron chi connectivity index (χ4n) is 4.35. The van der Waals surface area contributed by atoms with E-state index in [2.05, 4.69) is 10.6 Å². The lowest BCUT2D eigenvalue weighted by atomic mass is 10.0. The molecular formula is C26H24ClN3O6S. The highest BCUT2D eigenvalue weighted by atomic mass is 35.5. The van der Waals surface area contributed by atoms with Gasteiger partial charge in [-0.3, -0.25) is 4.79 Å². The number of methoxy groups -OCH3 is 1. The van der Waals surface area contributed by atoms with E-state index in [9.17, 15) is 14.4 Å². The Balaban J connectivity index is 1.34. The van der Waals surface area contributed by atoms with Crippen LogP contribution in [0.3, 0.4) is 0 Å². The summed E-state index contributed by atoms with van der Waals surface area (Å²) in [5, 5.41) is 7.66. The van der Waals surface area contributed by atoms with Crippen LogP contribution in [0, 0.1) is 0 Å². The number of nitrogens with zero attached hydrogens (tertiary/aromatic N) is 1. The number of halogens is 1. The van der Waals surface area contributed by atoms with Gasteiger partial charge >= 0.3 is 12.1 Å². The number of nitrogens with one attached hydrogen (secondary N) is 2. The van der Waals surface area contributed by atoms with Crippen LogP contribution in [0.25, 0.3) is 0 Å². The van der Waals surface area contributed by atoms with E-state index < -0.39 is 12.1 Å². The third-order valence-electron chi connectivity index (χ3n) is 6.16. The first-order chi connectivity index (χ1) is 17.9. The van der Waals surface area contributed by atoms with Gasteiger partial charge in [0.15, 0.2) is 11.5 Å². The monoisotopic (exact) mass is 541 g/mol. The number of carbonyl (C=O) groups excluding carboxylic acids is 3. The van der Waals surface area contributed by atoms with E-state index in [0.717, 1.165) is 21.0 Å². The van der Waals surface area contributed by atoms with Crippen molar-refractivity contribution in [1.29, 1.82) is 0 Å². The zero-order valence-electron chi connectivity index (χ0n) is 20.1. The predicted molar refractivity (Wildman–Crippen MR) is 139 cm³/mol. The summed E-state index contributed by atoms with van der Waals surface area (Å²) in [5.41, 5.74) is 2.67. The molecule has 0 radical (unpaired) electrons. The fraction of sp³-hybridized carbons (Fsp3) is 0.269. The average Bonchev–Trinajstić information content (AvgIpc) is 3.27. The second-order valence-corrected chi connectivity index (χ2v) is 9.98. The molecule has 2 aliphatic heterocycles. The van der Waals surface area contributed by atoms with Crippen molar-refractivity contribution in [3.63, 3.8) is 0 Å². The Morgan fingerprint density at radius 2 is 1.92 bits per heavy atom. The van der Waals surface area contributed by atoms with E-state index in [0.29, 0.717) is 48.0 Å². The van der Waals surface area contributed by atoms with E-state index in [-0.39, 0.29) is 17.7 Å². The lowest BCUT2D eigenvalue weighted by molar-refractivity contribution is 0.0729. The molecule has 1 aromatic heterocycles. The number of esters is 1. The summed E-state index contributed by atoms with van der Waals surface area (Å²) in [6.45, 7) is 3.00. The first kappa shape index (κ1) is 24.9. The minimum Gasteiger partial charge on any atom is -0.493 e. The third kappa shape index (κ3) is 4.94. The van der Waals surface area contributed by atoms with Gasteiger partial charge < -0.3 is 29.7 Å². The SMILES string of the molecule is CCOC(=O)N1CCc2c(sc3c2C(=O)NC(c2ccc(OC(=O)c4ccc(Cl)cc4)c(OC)c2)N3)C1. The van der Waals surface area contributed by atoms with Crippen LogP contribution in [0.15, 0.2) is 42.5 Å². The van der Waals surface area contributed by atoms with Gasteiger partial charge in [-0.25, -0.2) is 9.59 Å². The van der Waals surface area contributed by atoms with Crippen molar-refractivity contribution in [2.45, 2.75) is 26.1 Å². The number of anilines is 1. The van der Waals surface area contributed by atoms with Crippen LogP contribution in [0.2, 0.25) is 5.02 Å². The van der Waals surface area contributed by atoms with E-state index in [1.807, 2.05) is 0 Å². The Labute approximate surface area is 222 Å². The smallest absolute Gasteiger partial charge is 0.410 e. The maximum atomic E-state index is 13.1. The van der Waals surface area contributed by atoms with Crippen molar-refractivity contribution in [2.75, 3.05) is 25.6 Å². The molecular weight excluding hydrogens is 518 g/mol. The molecule has 0 saturated carbocycles. The maximum absolute atomic E-state index is 13.1. The summed E-state index contributed by atoms with van der Waals surface area (Å²) in [4.78, 5) is 40.4. The van der Waals surface area contributed by atoms with Crippen LogP contribution in [0.4, 0.5) is 9.80 Å². The molecule has 0 aliphatic carbocycles. The Morgan fingerprint density at radius 1 is 1.14 bits per heavy atom. The number of rotatable bonds is 5. The van der Waals surface area contributed by atoms with Crippen LogP contribution in [0.5, 0.6) is 11.5 Å². The molecule has 0 saturated heterocycles. The van der Waals surface area contributed by atoms with Gasteiger partial charge in [0.05, 0.1) is 31.4 Å². The van der Waals surface area contributed by atoms with Crippen LogP contribution < -0.4 is 20.1 Å². The van der Waals surface area contributed by atoms with Crippen LogP contribution in [0.1, 0.15) is 49.8 Å². The molecule has 2 amide bonds. The van der Waals surface area contributed by atoms with Gasteiger partial charge in [-0.05, 0) is 60.9 Å². The number of fused-ring (bicyclic) bond motifs is 3. The van der Waals surface area contributed by atoms with Crippen molar-refractivity contribution in [1.82, 2.24) is 10.2 Å². The number of thiophene rings is 1. The molecule has 0 fully saturated rings. The average molecular weight is 542 g/mol. The molecule has 3 aromatic rings. The van der Waals surface area contributed by atoms with Gasteiger partial charge in [0.1, 0.15) is 11.2 Å². The minimum atomic E-state index is -0.544. The quantitative estimate of drug-likeness (QED) is 0.346. The second kappa shape index (κ2) is 10.3. The Hall–Kier alpha value is -3.76. The summed E-state index contributed by atoms with van der Waals surface area (Å²) in [6.07, 6.45) is -0.281. The van der Waals surface area contributed by atoms with Crippen molar-refractivity contribution < 1.29 is 28.6 Å². The molecule has 9 nitrogen and oxygen atoms in total. The van der Waals surface area contributed by atoms with Crippen molar-refractivity contribution in [3.05, 3.63) is 74.6 Å². The molecule has 0 bridgehead atoms. The lowest BCUT2D eigenvalue weighted by Crippen LogP contribution is -2.39. The van der Waals surface area contributed by atoms with Gasteiger partial charge in [0, 0.05) is 16.4 Å². The second-order valence-electron chi connectivity index (χ2n) is 8.44. The number of amides is 2. The lowest BCUT2D eigenvalue weighted by Gasteiger charge is -2.28. The number of hydrogen-bond donors (Lipinski definition) is 2. The maximum Gasteiger partial charge on any atom is 0.410 e. The van der Waals surface area contributed by atoms with Crippen LogP contribution in [-0.4, -0.2) is 43.1 Å². The predicted octanol–water partition coefficient (Wildman–Crippen LogP) is 5.00. The van der Waals surface area contributed by atoms with Crippen LogP contribution >= 0.6 is 22.9 Å². The normalized spacial score (nSPS) is 16.1. The third-order valence-corrected chi connectivity index (χ3v) is 7.56. The highest BCUT2D eigenvalue weighted by Crippen LogP contribution is 2.41. The molecule has 2 aliphatic rings. The Bertz CT molecular complexity index is 1370. The first-order valence-electron chi connectivity index (χ1n) is 11.7. The summed E-state index contributed by atoms with van der Waals surface area (Å²) in [5.74, 6) is -0.132. The topological polar surface area (TPSA) is 106 Å². The van der Waals surface area contributed by atoms with Gasteiger partial charge in [0.2, 0.25) is 0 Å². The van der Waals surface area contributed by atoms with E-state index in [4.69, 9.17) is 25.8 Å². The molecule has 11 heteroatoms. The number of carbonyl (C=O) groups is 3. The summed E-state index contributed by atoms with van der Waals surface area (Å²) < 4.78 is 16.1. The molecule has 2 aromatic carbocycles. The van der Waals surface area contributed by atoms with Crippen molar-refractivity contribution in [3.8, 4) is 11.5 Å². The Kier molecular flexibility index (Phi) is 6.94. The number of benzene rings is 2. The molecule has 0 spiro atoms. The standard InChI is InChI=1S/C26H24ClN3O6S/c1-3-35-26(33)30-11-10-17-20(13-30)37-24-21(17)23(31)28-22(29-24)15-6-9-18(19(12-15)34-2)36-25(32)14-4-7-16(27)8-5-14/h4-9,12,22,29H,3,10-11,13H2,1-2H3,(H,28,31). The van der Waals surface area contributed by atoms with Gasteiger partial charge in [-0.1, -0.05) is 17.7 Å². The molecule has 1 atom stereocenters. The molecule has 192 valence electrons. The molecule has 3 heterocycles. The van der Waals surface area contributed by atoms with E-state index in [1.54, 1.807) is 54.3 Å². The minimum absolute atomic E-state index is 0.182. The van der Waals surface area contributed by atoms with Gasteiger partial charge in [0.25, 0.3) is 5.91 Å². The molecule has 5 rings (SSSR count). The number of ether oxygens (including phenoxy) is 3. The summed E-state index contributed by atoms with van der Waals surface area (Å²) >= 11 is 7.36. The van der Waals surface area contributed by atoms with Gasteiger partial charge in [-0.2, -0.15) is 0 Å². The number of hydrogen-bond acceptors (Lipinski definition) is 8. The molecule has 2 N–H and O–H groups in total. The Morgan fingerprint density at radius 3 is 2.65 bits per heavy atom. The summed E-state index contributed by atoms with van der Waals surface area (Å²) in [7, 11) is 1.48. The van der Waals surface area contributed by atoms with E-state index in [1.165, 1.54) is 18.4 Å². The highest BCUT2D eigenvalue weighted by molar-refractivity contribution is 7.16. The van der Waals surface area contributed by atoms with Crippen molar-refractivity contribution in [2.24, 2.45) is 0 Å². The van der Waals surface area contributed by atoms with Crippen LogP contribution in [-0.2, 0) is 17.7 Å². The van der Waals surface area contributed by atoms with Crippen molar-refractivity contribution >= 4 is 45.9 Å². The zero-order valence-corrected chi connectivity index (χ0v) is 21.7. The summed E-state index contributed by atoms with van der Waals surface area (Å²) in [6, 6.07) is 11.5. The fourth-order valence-corrected chi connectivity index (χ4v) is 5.76. The largest absolute Gasteiger partial charge is 0.493 e. The molecule has 1 unspecified atom stereocenters. The molecule has 37 heavy (non-hydrogen) atoms. The highest BCUT2D eigenvalue weighted by Gasteiger charge is 2.34. The first-order valence-corrected chi connectivity index (χ1v) is 12.9. The van der Waals surface area contributed by atoms with E-state index >= 15 is 0 Å². The zero-order chi connectivity index (χ0) is 26.1.